The van der Waals surface area contributed by atoms with Gasteiger partial charge >= 0.3 is 0 Å². The Bertz CT molecular complexity index is 670. The zero-order chi connectivity index (χ0) is 16.6. The maximum absolute atomic E-state index is 13.5. The van der Waals surface area contributed by atoms with E-state index in [1.54, 1.807) is 12.3 Å². The Morgan fingerprint density at radius 3 is 2.92 bits per heavy atom. The smallest absolute Gasteiger partial charge is 0.123 e. The number of rotatable bonds is 7. The largest absolute Gasteiger partial charge is 0.376 e. The molecule has 4 nitrogen and oxygen atoms in total. The maximum atomic E-state index is 13.5. The van der Waals surface area contributed by atoms with Gasteiger partial charge in [0.1, 0.15) is 5.82 Å². The van der Waals surface area contributed by atoms with E-state index in [2.05, 4.69) is 10.5 Å². The van der Waals surface area contributed by atoms with E-state index in [1.165, 1.54) is 12.1 Å². The summed E-state index contributed by atoms with van der Waals surface area (Å²) in [6, 6.07) is 14.3. The van der Waals surface area contributed by atoms with E-state index in [0.29, 0.717) is 13.2 Å². The second-order valence-electron chi connectivity index (χ2n) is 5.73. The lowest BCUT2D eigenvalue weighted by atomic mass is 10.1. The molecule has 0 bridgehead atoms. The zero-order valence-electron chi connectivity index (χ0n) is 13.5. The number of para-hydroxylation sites is 1. The Balaban J connectivity index is 1.59. The van der Waals surface area contributed by atoms with Crippen molar-refractivity contribution in [3.63, 3.8) is 0 Å². The summed E-state index contributed by atoms with van der Waals surface area (Å²) in [6.45, 7) is 1.68. The fraction of sp³-hybridized carbons (Fsp3) is 0.316. The van der Waals surface area contributed by atoms with E-state index in [9.17, 15) is 4.39 Å². The molecule has 1 N–H and O–H groups in total. The predicted octanol–water partition coefficient (Wildman–Crippen LogP) is 3.97. The molecule has 0 radical (unpaired) electrons. The van der Waals surface area contributed by atoms with Crippen molar-refractivity contribution < 1.29 is 13.9 Å². The van der Waals surface area contributed by atoms with Crippen molar-refractivity contribution in [3.8, 4) is 0 Å². The van der Waals surface area contributed by atoms with E-state index < -0.39 is 0 Å². The lowest BCUT2D eigenvalue weighted by molar-refractivity contribution is 0.0105. The Hall–Kier alpha value is -2.24. The highest BCUT2D eigenvalue weighted by Crippen LogP contribution is 2.15. The summed E-state index contributed by atoms with van der Waals surface area (Å²) in [5, 5.41) is 4.21. The van der Waals surface area contributed by atoms with Gasteiger partial charge in [-0.1, -0.05) is 24.3 Å². The van der Waals surface area contributed by atoms with Crippen LogP contribution in [0.15, 0.2) is 53.6 Å². The molecule has 1 fully saturated rings. The third-order valence-electron chi connectivity index (χ3n) is 3.86. The number of anilines is 1. The van der Waals surface area contributed by atoms with Crippen LogP contribution in [0.4, 0.5) is 10.1 Å². The Morgan fingerprint density at radius 1 is 1.25 bits per heavy atom. The molecule has 2 aromatic carbocycles. The van der Waals surface area contributed by atoms with Crippen LogP contribution < -0.4 is 5.43 Å². The van der Waals surface area contributed by atoms with Gasteiger partial charge in [0.05, 0.1) is 31.2 Å². The molecule has 1 atom stereocenters. The van der Waals surface area contributed by atoms with Crippen LogP contribution in [-0.2, 0) is 16.1 Å². The molecular formula is C19H21FN2O2. The molecule has 24 heavy (non-hydrogen) atoms. The SMILES string of the molecule is Fc1ccc(C=NNc2ccccc2)c(COCC2CCCO2)c1. The third-order valence-corrected chi connectivity index (χ3v) is 3.86. The molecule has 1 saturated heterocycles. The van der Waals surface area contributed by atoms with Crippen LogP contribution in [0.2, 0.25) is 0 Å². The van der Waals surface area contributed by atoms with Crippen LogP contribution in [0.5, 0.6) is 0 Å². The molecule has 2 aromatic rings. The van der Waals surface area contributed by atoms with Gasteiger partial charge in [0.15, 0.2) is 0 Å². The third kappa shape index (κ3) is 4.88. The molecule has 1 aliphatic heterocycles. The first-order valence-electron chi connectivity index (χ1n) is 8.13. The monoisotopic (exact) mass is 328 g/mol. The van der Waals surface area contributed by atoms with Crippen LogP contribution in [0.25, 0.3) is 0 Å². The Kier molecular flexibility index (Phi) is 5.93. The quantitative estimate of drug-likeness (QED) is 0.618. The van der Waals surface area contributed by atoms with Crippen LogP contribution in [0.3, 0.4) is 0 Å². The Morgan fingerprint density at radius 2 is 2.12 bits per heavy atom. The minimum atomic E-state index is -0.279. The van der Waals surface area contributed by atoms with E-state index in [-0.39, 0.29) is 11.9 Å². The van der Waals surface area contributed by atoms with Crippen LogP contribution >= 0.6 is 0 Å². The fourth-order valence-corrected chi connectivity index (χ4v) is 2.59. The summed E-state index contributed by atoms with van der Waals surface area (Å²) >= 11 is 0. The van der Waals surface area contributed by atoms with Gasteiger partial charge in [-0.05, 0) is 42.7 Å². The van der Waals surface area contributed by atoms with Crippen molar-refractivity contribution in [3.05, 3.63) is 65.5 Å². The summed E-state index contributed by atoms with van der Waals surface area (Å²) in [4.78, 5) is 0. The first-order valence-corrected chi connectivity index (χ1v) is 8.13. The number of hydrogen-bond donors (Lipinski definition) is 1. The van der Waals surface area contributed by atoms with Gasteiger partial charge in [-0.3, -0.25) is 5.43 Å². The second kappa shape index (κ2) is 8.57. The normalized spacial score (nSPS) is 17.5. The molecule has 126 valence electrons. The van der Waals surface area contributed by atoms with Gasteiger partial charge in [0, 0.05) is 12.2 Å². The van der Waals surface area contributed by atoms with E-state index >= 15 is 0 Å². The maximum Gasteiger partial charge on any atom is 0.123 e. The van der Waals surface area contributed by atoms with Gasteiger partial charge in [-0.2, -0.15) is 5.10 Å². The van der Waals surface area contributed by atoms with Crippen LogP contribution in [-0.4, -0.2) is 25.5 Å². The summed E-state index contributed by atoms with van der Waals surface area (Å²) < 4.78 is 24.7. The standard InChI is InChI=1S/C19H21FN2O2/c20-17-9-8-15(12-21-22-18-5-2-1-3-6-18)16(11-17)13-23-14-19-7-4-10-24-19/h1-3,5-6,8-9,11-12,19,22H,4,7,10,13-14H2. The summed E-state index contributed by atoms with van der Waals surface area (Å²) in [5.41, 5.74) is 5.44. The van der Waals surface area contributed by atoms with Crippen molar-refractivity contribution in [2.45, 2.75) is 25.6 Å². The van der Waals surface area contributed by atoms with Gasteiger partial charge in [0.25, 0.3) is 0 Å². The lowest BCUT2D eigenvalue weighted by Gasteiger charge is -2.11. The first-order chi connectivity index (χ1) is 11.8. The van der Waals surface area contributed by atoms with Gasteiger partial charge < -0.3 is 9.47 Å². The highest BCUT2D eigenvalue weighted by Gasteiger charge is 2.15. The van der Waals surface area contributed by atoms with Crippen LogP contribution in [0.1, 0.15) is 24.0 Å². The minimum Gasteiger partial charge on any atom is -0.376 e. The Labute approximate surface area is 141 Å². The number of nitrogens with zero attached hydrogens (tertiary/aromatic N) is 1. The molecule has 0 amide bonds. The zero-order valence-corrected chi connectivity index (χ0v) is 13.5. The van der Waals surface area contributed by atoms with Crippen LogP contribution in [0, 0.1) is 5.82 Å². The minimum absolute atomic E-state index is 0.162. The average Bonchev–Trinajstić information content (AvgIpc) is 3.11. The number of benzene rings is 2. The molecule has 0 spiro atoms. The molecule has 3 rings (SSSR count). The molecule has 5 heteroatoms. The van der Waals surface area contributed by atoms with Crippen molar-refractivity contribution in [1.82, 2.24) is 0 Å². The fourth-order valence-electron chi connectivity index (χ4n) is 2.59. The second-order valence-corrected chi connectivity index (χ2v) is 5.73. The highest BCUT2D eigenvalue weighted by molar-refractivity contribution is 5.82. The number of hydrazone groups is 1. The molecule has 1 heterocycles. The number of hydrogen-bond acceptors (Lipinski definition) is 4. The molecular weight excluding hydrogens is 307 g/mol. The van der Waals surface area contributed by atoms with Crippen molar-refractivity contribution in [2.75, 3.05) is 18.6 Å². The lowest BCUT2D eigenvalue weighted by Crippen LogP contribution is -2.14. The van der Waals surface area contributed by atoms with E-state index in [4.69, 9.17) is 9.47 Å². The first kappa shape index (κ1) is 16.6. The molecule has 0 aromatic heterocycles. The summed E-state index contributed by atoms with van der Waals surface area (Å²) in [6.07, 6.45) is 3.95. The number of halogens is 1. The topological polar surface area (TPSA) is 42.9 Å². The number of nitrogens with one attached hydrogen (secondary N) is 1. The summed E-state index contributed by atoms with van der Waals surface area (Å²) in [5.74, 6) is -0.279. The average molecular weight is 328 g/mol. The molecule has 0 saturated carbocycles. The van der Waals surface area contributed by atoms with Gasteiger partial charge in [-0.15, -0.1) is 0 Å². The van der Waals surface area contributed by atoms with Gasteiger partial charge in [0.2, 0.25) is 0 Å². The highest BCUT2D eigenvalue weighted by atomic mass is 19.1. The predicted molar refractivity (Wildman–Crippen MR) is 92.7 cm³/mol. The number of ether oxygens (including phenoxy) is 2. The van der Waals surface area contributed by atoms with Crippen molar-refractivity contribution in [1.29, 1.82) is 0 Å². The van der Waals surface area contributed by atoms with E-state index in [0.717, 1.165) is 36.3 Å². The van der Waals surface area contributed by atoms with Crippen molar-refractivity contribution >= 4 is 11.9 Å². The molecule has 0 aliphatic carbocycles. The summed E-state index contributed by atoms with van der Waals surface area (Å²) in [7, 11) is 0. The molecule has 1 unspecified atom stereocenters. The van der Waals surface area contributed by atoms with E-state index in [1.807, 2.05) is 30.3 Å². The van der Waals surface area contributed by atoms with Gasteiger partial charge in [-0.25, -0.2) is 4.39 Å². The molecule has 1 aliphatic rings. The van der Waals surface area contributed by atoms with Crippen molar-refractivity contribution in [2.24, 2.45) is 5.10 Å².